The normalized spacial score (nSPS) is 21.7. The van der Waals surface area contributed by atoms with Gasteiger partial charge in [0.15, 0.2) is 0 Å². The molecule has 0 unspecified atom stereocenters. The van der Waals surface area contributed by atoms with Crippen LogP contribution in [0.4, 0.5) is 13.2 Å². The first kappa shape index (κ1) is 11.8. The molecule has 3 rings (SSSR count). The van der Waals surface area contributed by atoms with E-state index in [1.54, 1.807) is 0 Å². The van der Waals surface area contributed by atoms with Crippen molar-refractivity contribution in [2.75, 3.05) is 19.7 Å². The van der Waals surface area contributed by atoms with E-state index in [-0.39, 0.29) is 5.41 Å². The maximum atomic E-state index is 12.8. The molecule has 2 heterocycles. The van der Waals surface area contributed by atoms with Gasteiger partial charge in [0.2, 0.25) is 0 Å². The Balaban J connectivity index is 2.04. The number of hydrogen-bond acceptors (Lipinski definition) is 2. The second-order valence-corrected chi connectivity index (χ2v) is 5.03. The molecule has 5 heteroatoms. The van der Waals surface area contributed by atoms with E-state index in [2.05, 4.69) is 5.32 Å². The van der Waals surface area contributed by atoms with Gasteiger partial charge in [0, 0.05) is 11.0 Å². The summed E-state index contributed by atoms with van der Waals surface area (Å²) in [6.07, 6.45) is -2.62. The third kappa shape index (κ3) is 1.77. The summed E-state index contributed by atoms with van der Waals surface area (Å²) < 4.78 is 43.8. The van der Waals surface area contributed by atoms with Crippen LogP contribution < -0.4 is 10.1 Å². The molecule has 0 saturated carbocycles. The Bertz CT molecular complexity index is 458. The van der Waals surface area contributed by atoms with Crippen molar-refractivity contribution >= 4 is 0 Å². The van der Waals surface area contributed by atoms with Crippen LogP contribution in [0.25, 0.3) is 0 Å². The number of nitrogens with one attached hydrogen (secondary N) is 1. The maximum absolute atomic E-state index is 12.8. The Morgan fingerprint density at radius 2 is 1.89 bits per heavy atom. The molecule has 2 aliphatic rings. The van der Waals surface area contributed by atoms with Crippen LogP contribution in [0.15, 0.2) is 18.2 Å². The van der Waals surface area contributed by atoms with Crippen molar-refractivity contribution in [3.05, 3.63) is 29.3 Å². The van der Waals surface area contributed by atoms with E-state index in [0.717, 1.165) is 37.6 Å². The molecule has 1 aromatic rings. The van der Waals surface area contributed by atoms with Crippen molar-refractivity contribution in [1.82, 2.24) is 5.32 Å². The Kier molecular flexibility index (Phi) is 2.55. The summed E-state index contributed by atoms with van der Waals surface area (Å²) >= 11 is 0. The van der Waals surface area contributed by atoms with Gasteiger partial charge >= 0.3 is 6.18 Å². The summed E-state index contributed by atoms with van der Waals surface area (Å²) in [5.41, 5.74) is -0.0644. The summed E-state index contributed by atoms with van der Waals surface area (Å²) in [7, 11) is 0. The molecule has 2 nitrogen and oxygen atoms in total. The Hall–Kier alpha value is -1.23. The van der Waals surface area contributed by atoms with Crippen LogP contribution in [-0.2, 0) is 11.6 Å². The zero-order chi connectivity index (χ0) is 12.8. The number of ether oxygens (including phenoxy) is 1. The highest BCUT2D eigenvalue weighted by Gasteiger charge is 2.43. The lowest BCUT2D eigenvalue weighted by Crippen LogP contribution is -2.41. The van der Waals surface area contributed by atoms with Gasteiger partial charge < -0.3 is 10.1 Å². The van der Waals surface area contributed by atoms with E-state index >= 15 is 0 Å². The molecular weight excluding hydrogens is 243 g/mol. The third-order valence-electron chi connectivity index (χ3n) is 3.94. The van der Waals surface area contributed by atoms with Gasteiger partial charge in [-0.1, -0.05) is 0 Å². The fraction of sp³-hybridized carbons (Fsp3) is 0.538. The Morgan fingerprint density at radius 3 is 2.56 bits per heavy atom. The van der Waals surface area contributed by atoms with Gasteiger partial charge in [-0.2, -0.15) is 13.2 Å². The summed E-state index contributed by atoms with van der Waals surface area (Å²) in [6, 6.07) is 3.82. The van der Waals surface area contributed by atoms with Crippen LogP contribution in [0.5, 0.6) is 5.75 Å². The molecule has 0 radical (unpaired) electrons. The van der Waals surface area contributed by atoms with E-state index in [4.69, 9.17) is 4.74 Å². The van der Waals surface area contributed by atoms with Crippen molar-refractivity contribution in [1.29, 1.82) is 0 Å². The van der Waals surface area contributed by atoms with Gasteiger partial charge in [0.05, 0.1) is 12.2 Å². The summed E-state index contributed by atoms with van der Waals surface area (Å²) in [6.45, 7) is 2.17. The summed E-state index contributed by atoms with van der Waals surface area (Å²) in [5.74, 6) is 0.616. The van der Waals surface area contributed by atoms with Crippen LogP contribution >= 0.6 is 0 Å². The number of alkyl halides is 3. The second kappa shape index (κ2) is 3.88. The SMILES string of the molecule is FC(F)(F)c1ccc2c(c1)C1(CCNCC1)CO2. The van der Waals surface area contributed by atoms with E-state index < -0.39 is 11.7 Å². The third-order valence-corrected chi connectivity index (χ3v) is 3.94. The molecular formula is C13H14F3NO. The average Bonchev–Trinajstić information content (AvgIpc) is 2.68. The monoisotopic (exact) mass is 257 g/mol. The largest absolute Gasteiger partial charge is 0.492 e. The number of rotatable bonds is 0. The lowest BCUT2D eigenvalue weighted by Gasteiger charge is -2.32. The number of halogens is 3. The lowest BCUT2D eigenvalue weighted by molar-refractivity contribution is -0.137. The van der Waals surface area contributed by atoms with Crippen LogP contribution in [-0.4, -0.2) is 19.7 Å². The molecule has 0 aliphatic carbocycles. The van der Waals surface area contributed by atoms with Crippen LogP contribution in [0.2, 0.25) is 0 Å². The van der Waals surface area contributed by atoms with Crippen molar-refractivity contribution in [2.24, 2.45) is 0 Å². The van der Waals surface area contributed by atoms with Gasteiger partial charge in [0.25, 0.3) is 0 Å². The zero-order valence-corrected chi connectivity index (χ0v) is 9.81. The van der Waals surface area contributed by atoms with Gasteiger partial charge in [0.1, 0.15) is 5.75 Å². The summed E-state index contributed by atoms with van der Waals surface area (Å²) in [4.78, 5) is 0. The molecule has 1 fully saturated rings. The minimum absolute atomic E-state index is 0.220. The average molecular weight is 257 g/mol. The molecule has 0 bridgehead atoms. The topological polar surface area (TPSA) is 21.3 Å². The number of fused-ring (bicyclic) bond motifs is 2. The van der Waals surface area contributed by atoms with Gasteiger partial charge in [-0.15, -0.1) is 0 Å². The van der Waals surface area contributed by atoms with Crippen molar-refractivity contribution in [3.8, 4) is 5.75 Å². The minimum atomic E-state index is -4.29. The molecule has 1 spiro atoms. The van der Waals surface area contributed by atoms with Gasteiger partial charge in [-0.05, 0) is 44.1 Å². The number of hydrogen-bond donors (Lipinski definition) is 1. The van der Waals surface area contributed by atoms with Crippen molar-refractivity contribution in [2.45, 2.75) is 24.4 Å². The van der Waals surface area contributed by atoms with Crippen molar-refractivity contribution < 1.29 is 17.9 Å². The number of benzene rings is 1. The summed E-state index contributed by atoms with van der Waals surface area (Å²) in [5, 5.41) is 3.23. The first-order valence-electron chi connectivity index (χ1n) is 6.07. The van der Waals surface area contributed by atoms with E-state index in [9.17, 15) is 13.2 Å². The van der Waals surface area contributed by atoms with Crippen LogP contribution in [0.1, 0.15) is 24.0 Å². The molecule has 1 aromatic carbocycles. The Labute approximate surface area is 103 Å². The molecule has 0 aromatic heterocycles. The lowest BCUT2D eigenvalue weighted by atomic mass is 9.74. The van der Waals surface area contributed by atoms with Crippen LogP contribution in [0, 0.1) is 0 Å². The van der Waals surface area contributed by atoms with Crippen molar-refractivity contribution in [3.63, 3.8) is 0 Å². The minimum Gasteiger partial charge on any atom is -0.492 e. The standard InChI is InChI=1S/C13H14F3NO/c14-13(15,16)9-1-2-11-10(7-9)12(8-18-11)3-5-17-6-4-12/h1-2,7,17H,3-6,8H2. The molecule has 98 valence electrons. The van der Waals surface area contributed by atoms with E-state index in [1.165, 1.54) is 12.1 Å². The highest BCUT2D eigenvalue weighted by molar-refractivity contribution is 5.47. The van der Waals surface area contributed by atoms with E-state index in [1.807, 2.05) is 0 Å². The van der Waals surface area contributed by atoms with Crippen LogP contribution in [0.3, 0.4) is 0 Å². The molecule has 0 amide bonds. The highest BCUT2D eigenvalue weighted by Crippen LogP contribution is 2.46. The predicted octanol–water partition coefficient (Wildman–Crippen LogP) is 2.72. The molecule has 2 aliphatic heterocycles. The molecule has 18 heavy (non-hydrogen) atoms. The first-order valence-corrected chi connectivity index (χ1v) is 6.07. The molecule has 1 N–H and O–H groups in total. The molecule has 0 atom stereocenters. The predicted molar refractivity (Wildman–Crippen MR) is 60.7 cm³/mol. The highest BCUT2D eigenvalue weighted by atomic mass is 19.4. The first-order chi connectivity index (χ1) is 8.51. The Morgan fingerprint density at radius 1 is 1.17 bits per heavy atom. The fourth-order valence-corrected chi connectivity index (χ4v) is 2.86. The zero-order valence-electron chi connectivity index (χ0n) is 9.81. The fourth-order valence-electron chi connectivity index (χ4n) is 2.86. The smallest absolute Gasteiger partial charge is 0.416 e. The molecule has 1 saturated heterocycles. The van der Waals surface area contributed by atoms with Gasteiger partial charge in [-0.25, -0.2) is 0 Å². The van der Waals surface area contributed by atoms with Gasteiger partial charge in [-0.3, -0.25) is 0 Å². The number of piperidine rings is 1. The van der Waals surface area contributed by atoms with E-state index in [0.29, 0.717) is 12.4 Å². The maximum Gasteiger partial charge on any atom is 0.416 e. The second-order valence-electron chi connectivity index (χ2n) is 5.03. The quantitative estimate of drug-likeness (QED) is 0.771.